The van der Waals surface area contributed by atoms with Gasteiger partial charge in [0.25, 0.3) is 0 Å². The zero-order valence-corrected chi connectivity index (χ0v) is 7.78. The highest BCUT2D eigenvalue weighted by atomic mass is 16.5. The molecule has 4 heteroatoms. The zero-order chi connectivity index (χ0) is 10.0. The van der Waals surface area contributed by atoms with E-state index in [1.807, 2.05) is 0 Å². The normalized spacial score (nSPS) is 29.2. The van der Waals surface area contributed by atoms with Gasteiger partial charge in [0, 0.05) is 20.0 Å². The van der Waals surface area contributed by atoms with Crippen molar-refractivity contribution in [1.29, 1.82) is 0 Å². The van der Waals surface area contributed by atoms with E-state index in [2.05, 4.69) is 0 Å². The molecule has 0 spiro atoms. The van der Waals surface area contributed by atoms with Crippen molar-refractivity contribution in [3.63, 3.8) is 0 Å². The number of aliphatic hydroxyl groups excluding tert-OH is 2. The highest BCUT2D eigenvalue weighted by Crippen LogP contribution is 2.25. The second-order valence-corrected chi connectivity index (χ2v) is 3.23. The molecule has 2 N–H and O–H groups in total. The number of carbonyl (C=O) groups is 1. The Morgan fingerprint density at radius 3 is 2.62 bits per heavy atom. The second-order valence-electron chi connectivity index (χ2n) is 3.23. The predicted octanol–water partition coefficient (Wildman–Crippen LogP) is 0.557. The summed E-state index contributed by atoms with van der Waals surface area (Å²) in [6.07, 6.45) is -0.410. The van der Waals surface area contributed by atoms with E-state index in [4.69, 9.17) is 4.74 Å². The Morgan fingerprint density at radius 2 is 2.23 bits per heavy atom. The Kier molecular flexibility index (Phi) is 3.06. The molecule has 0 saturated carbocycles. The first-order chi connectivity index (χ1) is 6.06. The van der Waals surface area contributed by atoms with Crippen LogP contribution in [0.1, 0.15) is 19.8 Å². The van der Waals surface area contributed by atoms with Gasteiger partial charge in [0.05, 0.1) is 17.8 Å². The molecule has 0 saturated heterocycles. The maximum Gasteiger partial charge on any atom is 0.161 e. The smallest absolute Gasteiger partial charge is 0.161 e. The summed E-state index contributed by atoms with van der Waals surface area (Å²) in [6.45, 7) is 1.34. The summed E-state index contributed by atoms with van der Waals surface area (Å²) in [6, 6.07) is 0. The highest BCUT2D eigenvalue weighted by Gasteiger charge is 2.30. The van der Waals surface area contributed by atoms with Gasteiger partial charge in [-0.25, -0.2) is 0 Å². The standard InChI is InChI=1S/C9H14O4/c1-5(10)9-7(11)3-6(13-2)4-8(9)12/h6-7,11-12H,3-4H2,1-2H3. The van der Waals surface area contributed by atoms with Crippen molar-refractivity contribution in [3.8, 4) is 0 Å². The average Bonchev–Trinajstić information content (AvgIpc) is 2.02. The number of rotatable bonds is 2. The molecule has 4 nitrogen and oxygen atoms in total. The highest BCUT2D eigenvalue weighted by molar-refractivity contribution is 5.94. The largest absolute Gasteiger partial charge is 0.512 e. The fraction of sp³-hybridized carbons (Fsp3) is 0.667. The van der Waals surface area contributed by atoms with Crippen LogP contribution in [-0.4, -0.2) is 35.3 Å². The van der Waals surface area contributed by atoms with Crippen molar-refractivity contribution in [2.24, 2.45) is 0 Å². The first-order valence-electron chi connectivity index (χ1n) is 4.20. The lowest BCUT2D eigenvalue weighted by Gasteiger charge is -2.26. The van der Waals surface area contributed by atoms with Gasteiger partial charge in [-0.2, -0.15) is 0 Å². The van der Waals surface area contributed by atoms with Crippen LogP contribution >= 0.6 is 0 Å². The number of hydrogen-bond acceptors (Lipinski definition) is 4. The quantitative estimate of drug-likeness (QED) is 0.661. The van der Waals surface area contributed by atoms with Crippen LogP contribution in [0.25, 0.3) is 0 Å². The molecule has 0 bridgehead atoms. The van der Waals surface area contributed by atoms with E-state index in [0.717, 1.165) is 0 Å². The van der Waals surface area contributed by atoms with Crippen LogP contribution in [0.5, 0.6) is 0 Å². The van der Waals surface area contributed by atoms with Gasteiger partial charge >= 0.3 is 0 Å². The lowest BCUT2D eigenvalue weighted by Crippen LogP contribution is -2.31. The Hall–Kier alpha value is -0.870. The summed E-state index contributed by atoms with van der Waals surface area (Å²) >= 11 is 0. The summed E-state index contributed by atoms with van der Waals surface area (Å²) in [5, 5.41) is 18.9. The Labute approximate surface area is 76.8 Å². The monoisotopic (exact) mass is 186 g/mol. The molecule has 1 rings (SSSR count). The summed E-state index contributed by atoms with van der Waals surface area (Å²) in [4.78, 5) is 11.0. The molecule has 2 atom stereocenters. The van der Waals surface area contributed by atoms with Gasteiger partial charge in [-0.1, -0.05) is 0 Å². The molecule has 0 amide bonds. The number of Topliss-reactive ketones (excluding diaryl/α,β-unsaturated/α-hetero) is 1. The van der Waals surface area contributed by atoms with Crippen LogP contribution in [-0.2, 0) is 9.53 Å². The van der Waals surface area contributed by atoms with Crippen molar-refractivity contribution in [2.45, 2.75) is 32.0 Å². The number of methoxy groups -OCH3 is 1. The van der Waals surface area contributed by atoms with Gasteiger partial charge < -0.3 is 14.9 Å². The third-order valence-electron chi connectivity index (χ3n) is 2.26. The van der Waals surface area contributed by atoms with Crippen LogP contribution in [0.15, 0.2) is 11.3 Å². The molecule has 74 valence electrons. The van der Waals surface area contributed by atoms with Crippen LogP contribution in [0, 0.1) is 0 Å². The summed E-state index contributed by atoms with van der Waals surface area (Å²) in [5.74, 6) is -0.322. The zero-order valence-electron chi connectivity index (χ0n) is 7.78. The second kappa shape index (κ2) is 3.89. The van der Waals surface area contributed by atoms with Gasteiger partial charge in [0.1, 0.15) is 5.76 Å². The third kappa shape index (κ3) is 2.08. The van der Waals surface area contributed by atoms with Gasteiger partial charge in [-0.3, -0.25) is 4.79 Å². The number of ketones is 1. The van der Waals surface area contributed by atoms with Crippen LogP contribution < -0.4 is 0 Å². The molecule has 0 fully saturated rings. The van der Waals surface area contributed by atoms with Crippen molar-refractivity contribution in [3.05, 3.63) is 11.3 Å². The number of aliphatic hydroxyl groups is 2. The fourth-order valence-corrected chi connectivity index (χ4v) is 1.59. The lowest BCUT2D eigenvalue weighted by molar-refractivity contribution is -0.115. The topological polar surface area (TPSA) is 66.8 Å². The molecule has 0 aliphatic heterocycles. The molecule has 2 unspecified atom stereocenters. The molecule has 0 aromatic heterocycles. The minimum atomic E-state index is -0.892. The summed E-state index contributed by atoms with van der Waals surface area (Å²) in [7, 11) is 1.52. The van der Waals surface area contributed by atoms with Crippen LogP contribution in [0.4, 0.5) is 0 Å². The Balaban J connectivity index is 2.87. The first-order valence-corrected chi connectivity index (χ1v) is 4.20. The van der Waals surface area contributed by atoms with E-state index in [1.165, 1.54) is 14.0 Å². The summed E-state index contributed by atoms with van der Waals surface area (Å²) in [5.41, 5.74) is 0.133. The van der Waals surface area contributed by atoms with E-state index in [0.29, 0.717) is 12.8 Å². The molecule has 1 aliphatic carbocycles. The number of ether oxygens (including phenoxy) is 1. The van der Waals surface area contributed by atoms with Gasteiger partial charge in [-0.15, -0.1) is 0 Å². The van der Waals surface area contributed by atoms with E-state index >= 15 is 0 Å². The van der Waals surface area contributed by atoms with Gasteiger partial charge in [0.2, 0.25) is 0 Å². The Bertz CT molecular complexity index is 244. The van der Waals surface area contributed by atoms with Gasteiger partial charge in [-0.05, 0) is 6.92 Å². The summed E-state index contributed by atoms with van der Waals surface area (Å²) < 4.78 is 4.99. The number of hydrogen-bond donors (Lipinski definition) is 2. The van der Waals surface area contributed by atoms with E-state index in [-0.39, 0.29) is 23.2 Å². The number of carbonyl (C=O) groups excluding carboxylic acids is 1. The van der Waals surface area contributed by atoms with E-state index in [1.54, 1.807) is 0 Å². The maximum atomic E-state index is 11.0. The van der Waals surface area contributed by atoms with Crippen LogP contribution in [0.2, 0.25) is 0 Å². The average molecular weight is 186 g/mol. The van der Waals surface area contributed by atoms with E-state index < -0.39 is 6.10 Å². The maximum absolute atomic E-state index is 11.0. The molecular weight excluding hydrogens is 172 g/mol. The van der Waals surface area contributed by atoms with Crippen molar-refractivity contribution < 1.29 is 19.7 Å². The third-order valence-corrected chi connectivity index (χ3v) is 2.26. The molecule has 0 aromatic rings. The lowest BCUT2D eigenvalue weighted by atomic mass is 9.90. The minimum Gasteiger partial charge on any atom is -0.512 e. The van der Waals surface area contributed by atoms with E-state index in [9.17, 15) is 15.0 Å². The molecule has 0 aromatic carbocycles. The molecule has 0 heterocycles. The van der Waals surface area contributed by atoms with Crippen molar-refractivity contribution in [2.75, 3.05) is 7.11 Å². The molecule has 1 aliphatic rings. The first kappa shape index (κ1) is 10.2. The molecule has 13 heavy (non-hydrogen) atoms. The SMILES string of the molecule is COC1CC(O)=C(C(C)=O)C(O)C1. The Morgan fingerprint density at radius 1 is 1.62 bits per heavy atom. The van der Waals surface area contributed by atoms with Crippen LogP contribution in [0.3, 0.4) is 0 Å². The van der Waals surface area contributed by atoms with Crippen molar-refractivity contribution >= 4 is 5.78 Å². The van der Waals surface area contributed by atoms with Crippen molar-refractivity contribution in [1.82, 2.24) is 0 Å². The fourth-order valence-electron chi connectivity index (χ4n) is 1.59. The molecule has 0 radical (unpaired) electrons. The predicted molar refractivity (Wildman–Crippen MR) is 46.4 cm³/mol. The minimum absolute atomic E-state index is 0.0434. The molecular formula is C9H14O4. The van der Waals surface area contributed by atoms with Gasteiger partial charge in [0.15, 0.2) is 5.78 Å².